The minimum absolute atomic E-state index is 0.0395. The van der Waals surface area contributed by atoms with Gasteiger partial charge < -0.3 is 14.5 Å². The van der Waals surface area contributed by atoms with Crippen LogP contribution in [0.3, 0.4) is 0 Å². The van der Waals surface area contributed by atoms with E-state index in [9.17, 15) is 4.79 Å². The molecule has 2 heterocycles. The summed E-state index contributed by atoms with van der Waals surface area (Å²) >= 11 is 0. The highest BCUT2D eigenvalue weighted by atomic mass is 16.5. The van der Waals surface area contributed by atoms with Crippen LogP contribution in [-0.4, -0.2) is 54.1 Å². The molecule has 2 aromatic rings. The standard InChI is InChI=1S/C16H18N4O2/c1-22-14-4-2-3-13(11-14)16(21)20-9-7-19(8-10-20)15-12-17-5-6-18-15/h2-6,11-12H,7-10H2,1H3. The predicted molar refractivity (Wildman–Crippen MR) is 83.1 cm³/mol. The zero-order chi connectivity index (χ0) is 15.4. The Kier molecular flexibility index (Phi) is 4.18. The molecule has 0 radical (unpaired) electrons. The second-order valence-electron chi connectivity index (χ2n) is 5.07. The van der Waals surface area contributed by atoms with E-state index in [1.807, 2.05) is 23.1 Å². The van der Waals surface area contributed by atoms with Crippen LogP contribution in [0, 0.1) is 0 Å². The Bertz CT molecular complexity index is 640. The molecular weight excluding hydrogens is 280 g/mol. The molecule has 6 nitrogen and oxygen atoms in total. The summed E-state index contributed by atoms with van der Waals surface area (Å²) in [7, 11) is 1.60. The van der Waals surface area contributed by atoms with Crippen molar-refractivity contribution >= 4 is 11.7 Å². The Morgan fingerprint density at radius 2 is 2.00 bits per heavy atom. The van der Waals surface area contributed by atoms with Crippen LogP contribution in [0.5, 0.6) is 5.75 Å². The average molecular weight is 298 g/mol. The van der Waals surface area contributed by atoms with Gasteiger partial charge in [0.25, 0.3) is 5.91 Å². The first-order chi connectivity index (χ1) is 10.8. The van der Waals surface area contributed by atoms with Gasteiger partial charge in [0.1, 0.15) is 11.6 Å². The number of benzene rings is 1. The highest BCUT2D eigenvalue weighted by molar-refractivity contribution is 5.94. The van der Waals surface area contributed by atoms with E-state index >= 15 is 0 Å². The zero-order valence-electron chi connectivity index (χ0n) is 12.5. The number of aromatic nitrogens is 2. The summed E-state index contributed by atoms with van der Waals surface area (Å²) in [4.78, 5) is 24.9. The van der Waals surface area contributed by atoms with Gasteiger partial charge in [-0.2, -0.15) is 0 Å². The van der Waals surface area contributed by atoms with E-state index < -0.39 is 0 Å². The largest absolute Gasteiger partial charge is 0.497 e. The van der Waals surface area contributed by atoms with Crippen molar-refractivity contribution in [1.82, 2.24) is 14.9 Å². The van der Waals surface area contributed by atoms with Gasteiger partial charge in [-0.15, -0.1) is 0 Å². The summed E-state index contributed by atoms with van der Waals surface area (Å²) < 4.78 is 5.17. The molecule has 0 spiro atoms. The number of hydrogen-bond acceptors (Lipinski definition) is 5. The van der Waals surface area contributed by atoms with Crippen molar-refractivity contribution in [2.75, 3.05) is 38.2 Å². The van der Waals surface area contributed by atoms with E-state index in [-0.39, 0.29) is 5.91 Å². The number of carbonyl (C=O) groups is 1. The Morgan fingerprint density at radius 1 is 1.18 bits per heavy atom. The van der Waals surface area contributed by atoms with E-state index in [0.717, 1.165) is 18.9 Å². The number of anilines is 1. The van der Waals surface area contributed by atoms with Gasteiger partial charge in [-0.3, -0.25) is 9.78 Å². The van der Waals surface area contributed by atoms with E-state index in [0.29, 0.717) is 24.4 Å². The number of methoxy groups -OCH3 is 1. The summed E-state index contributed by atoms with van der Waals surface area (Å²) in [5.74, 6) is 1.60. The molecule has 114 valence electrons. The summed E-state index contributed by atoms with van der Waals surface area (Å²) in [6.07, 6.45) is 5.09. The van der Waals surface area contributed by atoms with Crippen LogP contribution in [0.1, 0.15) is 10.4 Å². The van der Waals surface area contributed by atoms with Crippen molar-refractivity contribution in [3.8, 4) is 5.75 Å². The molecule has 3 rings (SSSR count). The molecule has 0 saturated carbocycles. The summed E-state index contributed by atoms with van der Waals surface area (Å²) in [5, 5.41) is 0. The highest BCUT2D eigenvalue weighted by Crippen LogP contribution is 2.17. The number of carbonyl (C=O) groups excluding carboxylic acids is 1. The average Bonchev–Trinajstić information content (AvgIpc) is 2.62. The maximum Gasteiger partial charge on any atom is 0.254 e. The van der Waals surface area contributed by atoms with Gasteiger partial charge in [-0.05, 0) is 18.2 Å². The maximum atomic E-state index is 12.5. The predicted octanol–water partition coefficient (Wildman–Crippen LogP) is 1.45. The van der Waals surface area contributed by atoms with Crippen molar-refractivity contribution < 1.29 is 9.53 Å². The first kappa shape index (κ1) is 14.3. The zero-order valence-corrected chi connectivity index (χ0v) is 12.5. The van der Waals surface area contributed by atoms with Crippen molar-refractivity contribution in [2.24, 2.45) is 0 Å². The van der Waals surface area contributed by atoms with Crippen molar-refractivity contribution in [3.05, 3.63) is 48.4 Å². The molecule has 0 N–H and O–H groups in total. The third-order valence-corrected chi connectivity index (χ3v) is 3.76. The lowest BCUT2D eigenvalue weighted by Gasteiger charge is -2.35. The van der Waals surface area contributed by atoms with E-state index in [1.54, 1.807) is 31.8 Å². The van der Waals surface area contributed by atoms with Gasteiger partial charge in [0, 0.05) is 44.1 Å². The number of piperazine rings is 1. The van der Waals surface area contributed by atoms with Gasteiger partial charge in [0.05, 0.1) is 13.3 Å². The van der Waals surface area contributed by atoms with Gasteiger partial charge in [-0.25, -0.2) is 4.98 Å². The Morgan fingerprint density at radius 3 is 2.68 bits per heavy atom. The molecule has 0 bridgehead atoms. The number of hydrogen-bond donors (Lipinski definition) is 0. The number of nitrogens with zero attached hydrogens (tertiary/aromatic N) is 4. The third-order valence-electron chi connectivity index (χ3n) is 3.76. The Hall–Kier alpha value is -2.63. The number of amides is 1. The van der Waals surface area contributed by atoms with Gasteiger partial charge in [0.15, 0.2) is 0 Å². The first-order valence-electron chi connectivity index (χ1n) is 7.22. The van der Waals surface area contributed by atoms with Crippen LogP contribution in [-0.2, 0) is 0 Å². The molecule has 1 fully saturated rings. The molecule has 1 aromatic heterocycles. The Labute approximate surface area is 129 Å². The van der Waals surface area contributed by atoms with Crippen molar-refractivity contribution in [3.63, 3.8) is 0 Å². The minimum Gasteiger partial charge on any atom is -0.497 e. The summed E-state index contributed by atoms with van der Waals surface area (Å²) in [6.45, 7) is 2.86. The molecule has 1 aliphatic heterocycles. The molecule has 1 aliphatic rings. The number of ether oxygens (including phenoxy) is 1. The van der Waals surface area contributed by atoms with Crippen LogP contribution in [0.15, 0.2) is 42.9 Å². The molecule has 0 aliphatic carbocycles. The van der Waals surface area contributed by atoms with Gasteiger partial charge in [-0.1, -0.05) is 6.07 Å². The maximum absolute atomic E-state index is 12.5. The fraction of sp³-hybridized carbons (Fsp3) is 0.312. The molecule has 22 heavy (non-hydrogen) atoms. The van der Waals surface area contributed by atoms with Crippen LogP contribution < -0.4 is 9.64 Å². The summed E-state index contributed by atoms with van der Waals surface area (Å²) in [6, 6.07) is 7.27. The van der Waals surface area contributed by atoms with E-state index in [4.69, 9.17) is 4.74 Å². The lowest BCUT2D eigenvalue weighted by Crippen LogP contribution is -2.49. The topological polar surface area (TPSA) is 58.6 Å². The normalized spacial score (nSPS) is 14.8. The van der Waals surface area contributed by atoms with Crippen molar-refractivity contribution in [1.29, 1.82) is 0 Å². The van der Waals surface area contributed by atoms with Crippen molar-refractivity contribution in [2.45, 2.75) is 0 Å². The number of rotatable bonds is 3. The second kappa shape index (κ2) is 6.43. The third kappa shape index (κ3) is 3.00. The van der Waals surface area contributed by atoms with Gasteiger partial charge >= 0.3 is 0 Å². The van der Waals surface area contributed by atoms with Crippen LogP contribution in [0.2, 0.25) is 0 Å². The molecule has 1 saturated heterocycles. The smallest absolute Gasteiger partial charge is 0.254 e. The molecule has 1 amide bonds. The van der Waals surface area contributed by atoms with E-state index in [2.05, 4.69) is 14.9 Å². The quantitative estimate of drug-likeness (QED) is 0.858. The van der Waals surface area contributed by atoms with E-state index in [1.165, 1.54) is 0 Å². The van der Waals surface area contributed by atoms with Crippen LogP contribution in [0.25, 0.3) is 0 Å². The second-order valence-corrected chi connectivity index (χ2v) is 5.07. The highest BCUT2D eigenvalue weighted by Gasteiger charge is 2.23. The fourth-order valence-corrected chi connectivity index (χ4v) is 2.53. The minimum atomic E-state index is 0.0395. The van der Waals surface area contributed by atoms with Crippen LogP contribution in [0.4, 0.5) is 5.82 Å². The molecule has 1 aromatic carbocycles. The summed E-state index contributed by atoms with van der Waals surface area (Å²) in [5.41, 5.74) is 0.660. The van der Waals surface area contributed by atoms with Crippen LogP contribution >= 0.6 is 0 Å². The molecular formula is C16H18N4O2. The molecule has 0 atom stereocenters. The molecule has 0 unspecified atom stereocenters. The lowest BCUT2D eigenvalue weighted by atomic mass is 10.1. The SMILES string of the molecule is COc1cccc(C(=O)N2CCN(c3cnccn3)CC2)c1. The monoisotopic (exact) mass is 298 g/mol. The first-order valence-corrected chi connectivity index (χ1v) is 7.22. The fourth-order valence-electron chi connectivity index (χ4n) is 2.53. The molecule has 6 heteroatoms. The van der Waals surface area contributed by atoms with Gasteiger partial charge in [0.2, 0.25) is 0 Å². The lowest BCUT2D eigenvalue weighted by molar-refractivity contribution is 0.0746. The Balaban J connectivity index is 1.64.